The van der Waals surface area contributed by atoms with Crippen molar-refractivity contribution in [2.24, 2.45) is 0 Å². The van der Waals surface area contributed by atoms with E-state index in [1.807, 2.05) is 0 Å². The first-order chi connectivity index (χ1) is 13.3. The van der Waals surface area contributed by atoms with Crippen LogP contribution in [0.3, 0.4) is 0 Å². The van der Waals surface area contributed by atoms with E-state index in [1.165, 1.54) is 12.3 Å². The number of carbonyl (C=O) groups is 1. The molecule has 0 radical (unpaired) electrons. The highest BCUT2D eigenvalue weighted by molar-refractivity contribution is 7.86. The number of benzene rings is 2. The monoisotopic (exact) mass is 419 g/mol. The number of amides is 1. The summed E-state index contributed by atoms with van der Waals surface area (Å²) in [7, 11) is -3.64. The van der Waals surface area contributed by atoms with Crippen molar-refractivity contribution >= 4 is 27.6 Å². The molecule has 6 nitrogen and oxygen atoms in total. The molecular weight excluding hydrogens is 402 g/mol. The molecule has 0 saturated heterocycles. The predicted molar refractivity (Wildman–Crippen MR) is 106 cm³/mol. The van der Waals surface area contributed by atoms with Gasteiger partial charge >= 0.3 is 10.1 Å². The van der Waals surface area contributed by atoms with Gasteiger partial charge in [-0.1, -0.05) is 35.9 Å². The van der Waals surface area contributed by atoms with Gasteiger partial charge in [-0.25, -0.2) is 0 Å². The number of carbonyl (C=O) groups excluding carboxylic acids is 1. The number of furan rings is 1. The summed E-state index contributed by atoms with van der Waals surface area (Å²) in [6.07, 6.45) is 2.51. The van der Waals surface area contributed by atoms with E-state index >= 15 is 0 Å². The fourth-order valence-corrected chi connectivity index (χ4v) is 3.36. The Balaban J connectivity index is 1.88. The molecule has 1 amide bonds. The second kappa shape index (κ2) is 8.50. The van der Waals surface area contributed by atoms with E-state index < -0.39 is 10.1 Å². The van der Waals surface area contributed by atoms with Crippen LogP contribution in [0.15, 0.2) is 71.3 Å². The molecule has 2 aromatic carbocycles. The molecule has 0 saturated carbocycles. The maximum Gasteiger partial charge on any atom is 0.306 e. The second-order valence-corrected chi connectivity index (χ2v) is 8.14. The molecule has 3 rings (SSSR count). The van der Waals surface area contributed by atoms with Crippen molar-refractivity contribution in [3.63, 3.8) is 0 Å². The van der Waals surface area contributed by atoms with Crippen LogP contribution in [0, 0.1) is 0 Å². The average molecular weight is 420 g/mol. The highest BCUT2D eigenvalue weighted by Gasteiger charge is 2.20. The van der Waals surface area contributed by atoms with Crippen LogP contribution in [0.4, 0.5) is 0 Å². The smallest absolute Gasteiger partial charge is 0.306 e. The fraction of sp³-hybridized carbons (Fsp3) is 0.150. The Morgan fingerprint density at radius 3 is 2.54 bits per heavy atom. The summed E-state index contributed by atoms with van der Waals surface area (Å²) < 4.78 is 33.0. The molecule has 0 atom stereocenters. The van der Waals surface area contributed by atoms with Crippen LogP contribution in [0.2, 0.25) is 5.02 Å². The predicted octanol–water partition coefficient (Wildman–Crippen LogP) is 4.11. The van der Waals surface area contributed by atoms with Crippen molar-refractivity contribution < 1.29 is 21.8 Å². The van der Waals surface area contributed by atoms with Crippen LogP contribution in [-0.2, 0) is 23.2 Å². The Kier molecular flexibility index (Phi) is 6.06. The van der Waals surface area contributed by atoms with E-state index in [-0.39, 0.29) is 24.7 Å². The molecule has 8 heteroatoms. The SMILES string of the molecule is CS(=O)(=O)Oc1cccc(CN(Cc2ccco2)C(=O)c2ccccc2Cl)c1. The summed E-state index contributed by atoms with van der Waals surface area (Å²) in [6, 6.07) is 16.9. The van der Waals surface area contributed by atoms with Gasteiger partial charge in [-0.15, -0.1) is 0 Å². The summed E-state index contributed by atoms with van der Waals surface area (Å²) >= 11 is 6.19. The Labute approximate surface area is 168 Å². The molecule has 146 valence electrons. The zero-order chi connectivity index (χ0) is 20.1. The minimum atomic E-state index is -3.64. The first-order valence-electron chi connectivity index (χ1n) is 8.36. The largest absolute Gasteiger partial charge is 0.467 e. The molecule has 0 bridgehead atoms. The fourth-order valence-electron chi connectivity index (χ4n) is 2.69. The molecule has 3 aromatic rings. The summed E-state index contributed by atoms with van der Waals surface area (Å²) in [5.41, 5.74) is 1.08. The van der Waals surface area contributed by atoms with Gasteiger partial charge in [0.05, 0.1) is 29.6 Å². The van der Waals surface area contributed by atoms with Gasteiger partial charge in [-0.2, -0.15) is 8.42 Å². The lowest BCUT2D eigenvalue weighted by atomic mass is 10.1. The molecule has 28 heavy (non-hydrogen) atoms. The van der Waals surface area contributed by atoms with Gasteiger partial charge in [0.1, 0.15) is 11.5 Å². The first-order valence-corrected chi connectivity index (χ1v) is 10.6. The highest BCUT2D eigenvalue weighted by Crippen LogP contribution is 2.22. The summed E-state index contributed by atoms with van der Waals surface area (Å²) in [5.74, 6) is 0.531. The van der Waals surface area contributed by atoms with E-state index in [0.29, 0.717) is 21.9 Å². The number of hydrogen-bond acceptors (Lipinski definition) is 5. The molecule has 1 heterocycles. The van der Waals surface area contributed by atoms with Gasteiger partial charge in [-0.3, -0.25) is 4.79 Å². The third-order valence-electron chi connectivity index (χ3n) is 3.84. The third kappa shape index (κ3) is 5.37. The number of hydrogen-bond donors (Lipinski definition) is 0. The number of halogens is 1. The van der Waals surface area contributed by atoms with Gasteiger partial charge in [0.15, 0.2) is 0 Å². The van der Waals surface area contributed by atoms with Crippen molar-refractivity contribution in [2.75, 3.05) is 6.26 Å². The van der Waals surface area contributed by atoms with Crippen LogP contribution in [-0.4, -0.2) is 25.5 Å². The minimum Gasteiger partial charge on any atom is -0.467 e. The van der Waals surface area contributed by atoms with Crippen molar-refractivity contribution in [2.45, 2.75) is 13.1 Å². The third-order valence-corrected chi connectivity index (χ3v) is 4.66. The molecule has 0 spiro atoms. The van der Waals surface area contributed by atoms with Crippen LogP contribution in [0.5, 0.6) is 5.75 Å². The zero-order valence-corrected chi connectivity index (χ0v) is 16.6. The lowest BCUT2D eigenvalue weighted by Gasteiger charge is -2.22. The molecule has 0 N–H and O–H groups in total. The van der Waals surface area contributed by atoms with Gasteiger partial charge in [0, 0.05) is 6.54 Å². The van der Waals surface area contributed by atoms with Gasteiger partial charge in [0.25, 0.3) is 5.91 Å². The summed E-state index contributed by atoms with van der Waals surface area (Å²) in [5, 5.41) is 0.353. The average Bonchev–Trinajstić information content (AvgIpc) is 3.13. The van der Waals surface area contributed by atoms with Crippen LogP contribution in [0.1, 0.15) is 21.7 Å². The summed E-state index contributed by atoms with van der Waals surface area (Å²) in [6.45, 7) is 0.444. The Morgan fingerprint density at radius 1 is 1.07 bits per heavy atom. The second-order valence-electron chi connectivity index (χ2n) is 6.16. The standard InChI is InChI=1S/C20H18ClNO5S/c1-28(24,25)27-16-7-4-6-15(12-16)13-22(14-17-8-5-11-26-17)20(23)18-9-2-3-10-19(18)21/h2-12H,13-14H2,1H3. The zero-order valence-electron chi connectivity index (χ0n) is 15.0. The van der Waals surface area contributed by atoms with Crippen molar-refractivity contribution in [1.82, 2.24) is 4.90 Å². The van der Waals surface area contributed by atoms with Gasteiger partial charge < -0.3 is 13.5 Å². The van der Waals surface area contributed by atoms with E-state index in [0.717, 1.165) is 6.26 Å². The number of nitrogens with zero attached hydrogens (tertiary/aromatic N) is 1. The van der Waals surface area contributed by atoms with E-state index in [4.69, 9.17) is 20.2 Å². The quantitative estimate of drug-likeness (QED) is 0.538. The molecule has 0 unspecified atom stereocenters. The Hall–Kier alpha value is -2.77. The van der Waals surface area contributed by atoms with Crippen LogP contribution in [0.25, 0.3) is 0 Å². The van der Waals surface area contributed by atoms with Crippen LogP contribution >= 0.6 is 11.6 Å². The Bertz CT molecular complexity index is 1060. The molecule has 0 aliphatic heterocycles. The minimum absolute atomic E-state index is 0.183. The molecular formula is C20H18ClNO5S. The molecule has 0 aliphatic carbocycles. The van der Waals surface area contributed by atoms with Gasteiger partial charge in [-0.05, 0) is 42.0 Å². The lowest BCUT2D eigenvalue weighted by Crippen LogP contribution is -2.30. The van der Waals surface area contributed by atoms with Crippen molar-refractivity contribution in [3.8, 4) is 5.75 Å². The topological polar surface area (TPSA) is 76.8 Å². The number of rotatable bonds is 7. The van der Waals surface area contributed by atoms with Gasteiger partial charge in [0.2, 0.25) is 0 Å². The molecule has 0 aliphatic rings. The molecule has 1 aromatic heterocycles. The normalized spacial score (nSPS) is 11.2. The maximum absolute atomic E-state index is 13.1. The van der Waals surface area contributed by atoms with E-state index in [9.17, 15) is 13.2 Å². The van der Waals surface area contributed by atoms with E-state index in [2.05, 4.69) is 0 Å². The van der Waals surface area contributed by atoms with E-state index in [1.54, 1.807) is 59.5 Å². The van der Waals surface area contributed by atoms with Crippen LogP contribution < -0.4 is 4.18 Å². The Morgan fingerprint density at radius 2 is 1.86 bits per heavy atom. The van der Waals surface area contributed by atoms with Crippen molar-refractivity contribution in [3.05, 3.63) is 88.8 Å². The lowest BCUT2D eigenvalue weighted by molar-refractivity contribution is 0.0717. The first kappa shape index (κ1) is 20.0. The van der Waals surface area contributed by atoms with Crippen molar-refractivity contribution in [1.29, 1.82) is 0 Å². The molecule has 0 fully saturated rings. The summed E-state index contributed by atoms with van der Waals surface area (Å²) in [4.78, 5) is 14.7. The maximum atomic E-state index is 13.1. The highest BCUT2D eigenvalue weighted by atomic mass is 35.5.